The van der Waals surface area contributed by atoms with Gasteiger partial charge >= 0.3 is 0 Å². The topological polar surface area (TPSA) is 84.7 Å². The number of amides is 1. The molecular formula is C17H21FN4OS. The van der Waals surface area contributed by atoms with Crippen molar-refractivity contribution in [1.29, 1.82) is 0 Å². The number of thioether (sulfide) groups is 1. The summed E-state index contributed by atoms with van der Waals surface area (Å²) in [7, 11) is 0. The molecule has 128 valence electrons. The molecule has 3 aliphatic rings. The molecule has 1 aromatic rings. The molecular weight excluding hydrogens is 327 g/mol. The van der Waals surface area contributed by atoms with E-state index in [1.165, 1.54) is 23.9 Å². The minimum Gasteiger partial charge on any atom is -0.399 e. The summed E-state index contributed by atoms with van der Waals surface area (Å²) in [5, 5.41) is 0.348. The van der Waals surface area contributed by atoms with Gasteiger partial charge in [0, 0.05) is 30.3 Å². The van der Waals surface area contributed by atoms with Crippen molar-refractivity contribution in [2.24, 2.45) is 16.6 Å². The molecule has 0 aromatic heterocycles. The number of carbonyl (C=O) groups excluding carboxylic acids is 1. The zero-order valence-electron chi connectivity index (χ0n) is 13.6. The van der Waals surface area contributed by atoms with Crippen LogP contribution in [0.4, 0.5) is 10.1 Å². The maximum absolute atomic E-state index is 14.5. The number of hydrogen-bond acceptors (Lipinski definition) is 5. The number of rotatable bonds is 2. The van der Waals surface area contributed by atoms with Crippen molar-refractivity contribution in [3.8, 4) is 0 Å². The Labute approximate surface area is 144 Å². The number of hydrogen-bond donors (Lipinski definition) is 2. The normalized spacial score (nSPS) is 34.7. The van der Waals surface area contributed by atoms with E-state index in [1.54, 1.807) is 6.07 Å². The van der Waals surface area contributed by atoms with Gasteiger partial charge in [-0.2, -0.15) is 0 Å². The van der Waals surface area contributed by atoms with Crippen molar-refractivity contribution in [3.63, 3.8) is 0 Å². The van der Waals surface area contributed by atoms with Gasteiger partial charge < -0.3 is 16.4 Å². The van der Waals surface area contributed by atoms with Gasteiger partial charge in [-0.25, -0.2) is 4.39 Å². The Kier molecular flexibility index (Phi) is 3.36. The number of nitrogen functional groups attached to an aromatic ring is 1. The van der Waals surface area contributed by atoms with E-state index in [0.717, 1.165) is 25.9 Å². The molecule has 3 atom stereocenters. The molecule has 2 aliphatic heterocycles. The Bertz CT molecular complexity index is 748. The second-order valence-corrected chi connectivity index (χ2v) is 8.44. The SMILES string of the molecule is C[C@]1(c2cc(N)ccc2F)N=C(N)S[C@@]2(C(=O)N3CCCC3)CC21. The molecule has 1 aliphatic carbocycles. The highest BCUT2D eigenvalue weighted by atomic mass is 32.2. The fraction of sp³-hybridized carbons (Fsp3) is 0.529. The Morgan fingerprint density at radius 2 is 2.08 bits per heavy atom. The predicted molar refractivity (Wildman–Crippen MR) is 94.0 cm³/mol. The molecule has 5 nitrogen and oxygen atoms in total. The lowest BCUT2D eigenvalue weighted by Gasteiger charge is -2.35. The first-order valence-electron chi connectivity index (χ1n) is 8.26. The standard InChI is InChI=1S/C17H21FN4OS/c1-16(11-8-10(19)4-5-12(11)18)13-9-17(13,24-15(20)21-16)14(23)22-6-2-3-7-22/h4-5,8,13H,2-3,6-7,9,19H2,1H3,(H2,20,21)/t13?,16-,17+/m1/s1. The van der Waals surface area contributed by atoms with Gasteiger partial charge in [0.1, 0.15) is 10.6 Å². The van der Waals surface area contributed by atoms with Crippen molar-refractivity contribution in [2.75, 3.05) is 18.8 Å². The van der Waals surface area contributed by atoms with E-state index in [2.05, 4.69) is 4.99 Å². The molecule has 4 rings (SSSR count). The molecule has 1 amide bonds. The number of halogens is 1. The molecule has 2 heterocycles. The van der Waals surface area contributed by atoms with E-state index >= 15 is 0 Å². The number of carbonyl (C=O) groups is 1. The van der Waals surface area contributed by atoms with Crippen LogP contribution in [0.1, 0.15) is 31.7 Å². The average Bonchev–Trinajstić information content (AvgIpc) is 3.04. The number of fused-ring (bicyclic) bond motifs is 1. The van der Waals surface area contributed by atoms with Crippen molar-refractivity contribution < 1.29 is 9.18 Å². The molecule has 4 N–H and O–H groups in total. The molecule has 0 spiro atoms. The van der Waals surface area contributed by atoms with Crippen molar-refractivity contribution in [1.82, 2.24) is 4.90 Å². The number of nitrogens with zero attached hydrogens (tertiary/aromatic N) is 2. The van der Waals surface area contributed by atoms with Crippen LogP contribution in [-0.2, 0) is 10.3 Å². The molecule has 1 aromatic carbocycles. The summed E-state index contributed by atoms with van der Waals surface area (Å²) in [6.45, 7) is 3.46. The zero-order chi connectivity index (χ0) is 17.1. The summed E-state index contributed by atoms with van der Waals surface area (Å²) in [6.07, 6.45) is 2.76. The summed E-state index contributed by atoms with van der Waals surface area (Å²) in [4.78, 5) is 19.5. The molecule has 24 heavy (non-hydrogen) atoms. The second-order valence-electron chi connectivity index (χ2n) is 7.08. The first-order chi connectivity index (χ1) is 11.4. The first-order valence-corrected chi connectivity index (χ1v) is 9.08. The number of aliphatic imine (C=N–C) groups is 1. The fourth-order valence-electron chi connectivity index (χ4n) is 4.17. The minimum absolute atomic E-state index is 0.0632. The van der Waals surface area contributed by atoms with E-state index in [9.17, 15) is 9.18 Å². The Hall–Kier alpha value is -1.76. The average molecular weight is 348 g/mol. The van der Waals surface area contributed by atoms with Crippen LogP contribution in [0.2, 0.25) is 0 Å². The van der Waals surface area contributed by atoms with Gasteiger partial charge in [-0.15, -0.1) is 0 Å². The van der Waals surface area contributed by atoms with Crippen LogP contribution in [0.3, 0.4) is 0 Å². The minimum atomic E-state index is -0.857. The van der Waals surface area contributed by atoms with Gasteiger partial charge in [-0.05, 0) is 44.4 Å². The highest BCUT2D eigenvalue weighted by Gasteiger charge is 2.71. The van der Waals surface area contributed by atoms with E-state index in [1.807, 2.05) is 11.8 Å². The van der Waals surface area contributed by atoms with Gasteiger partial charge in [0.2, 0.25) is 5.91 Å². The fourth-order valence-corrected chi connectivity index (χ4v) is 5.62. The number of likely N-dealkylation sites (tertiary alicyclic amines) is 1. The van der Waals surface area contributed by atoms with Gasteiger partial charge in [0.15, 0.2) is 5.17 Å². The lowest BCUT2D eigenvalue weighted by molar-refractivity contribution is -0.130. The van der Waals surface area contributed by atoms with Crippen LogP contribution in [0.15, 0.2) is 23.2 Å². The molecule has 1 saturated carbocycles. The smallest absolute Gasteiger partial charge is 0.239 e. The maximum Gasteiger partial charge on any atom is 0.239 e. The van der Waals surface area contributed by atoms with Crippen LogP contribution in [-0.4, -0.2) is 33.8 Å². The van der Waals surface area contributed by atoms with Crippen molar-refractivity contribution in [3.05, 3.63) is 29.6 Å². The van der Waals surface area contributed by atoms with Gasteiger partial charge in [0.05, 0.1) is 5.54 Å². The summed E-state index contributed by atoms with van der Waals surface area (Å²) >= 11 is 1.35. The summed E-state index contributed by atoms with van der Waals surface area (Å²) in [6, 6.07) is 4.50. The van der Waals surface area contributed by atoms with E-state index in [0.29, 0.717) is 22.8 Å². The van der Waals surface area contributed by atoms with Crippen LogP contribution in [0.25, 0.3) is 0 Å². The highest BCUT2D eigenvalue weighted by molar-refractivity contribution is 8.15. The van der Waals surface area contributed by atoms with Crippen molar-refractivity contribution in [2.45, 2.75) is 36.5 Å². The van der Waals surface area contributed by atoms with Gasteiger partial charge in [-0.3, -0.25) is 9.79 Å². The van der Waals surface area contributed by atoms with Crippen LogP contribution in [0, 0.1) is 11.7 Å². The van der Waals surface area contributed by atoms with E-state index < -0.39 is 10.3 Å². The summed E-state index contributed by atoms with van der Waals surface area (Å²) in [5.41, 5.74) is 12.0. The third kappa shape index (κ3) is 2.13. The summed E-state index contributed by atoms with van der Waals surface area (Å²) in [5.74, 6) is -0.292. The van der Waals surface area contributed by atoms with E-state index in [4.69, 9.17) is 11.5 Å². The molecule has 1 unspecified atom stereocenters. The molecule has 1 saturated heterocycles. The summed E-state index contributed by atoms with van der Waals surface area (Å²) < 4.78 is 13.9. The Morgan fingerprint density at radius 1 is 1.38 bits per heavy atom. The Morgan fingerprint density at radius 3 is 2.79 bits per heavy atom. The predicted octanol–water partition coefficient (Wildman–Crippen LogP) is 2.07. The van der Waals surface area contributed by atoms with Crippen LogP contribution in [0.5, 0.6) is 0 Å². The third-order valence-corrected chi connectivity index (χ3v) is 6.80. The lowest BCUT2D eigenvalue weighted by atomic mass is 9.85. The second kappa shape index (κ2) is 5.12. The monoisotopic (exact) mass is 348 g/mol. The van der Waals surface area contributed by atoms with Gasteiger partial charge in [-0.1, -0.05) is 11.8 Å². The molecule has 0 radical (unpaired) electrons. The molecule has 2 fully saturated rings. The van der Waals surface area contributed by atoms with Gasteiger partial charge in [0.25, 0.3) is 0 Å². The zero-order valence-corrected chi connectivity index (χ0v) is 14.4. The van der Waals surface area contributed by atoms with Crippen LogP contribution < -0.4 is 11.5 Å². The number of benzene rings is 1. The third-order valence-electron chi connectivity index (χ3n) is 5.51. The van der Waals surface area contributed by atoms with Crippen molar-refractivity contribution >= 4 is 28.5 Å². The molecule has 7 heteroatoms. The number of nitrogens with two attached hydrogens (primary N) is 2. The number of anilines is 1. The quantitative estimate of drug-likeness (QED) is 0.801. The maximum atomic E-state index is 14.5. The van der Waals surface area contributed by atoms with E-state index in [-0.39, 0.29) is 17.6 Å². The largest absolute Gasteiger partial charge is 0.399 e. The first kappa shape index (κ1) is 15.7. The molecule has 0 bridgehead atoms. The van der Waals surface area contributed by atoms with Crippen LogP contribution >= 0.6 is 11.8 Å². The number of amidine groups is 1. The Balaban J connectivity index is 1.74. The lowest BCUT2D eigenvalue weighted by Crippen LogP contribution is -2.45. The highest BCUT2D eigenvalue weighted by Crippen LogP contribution is 2.66.